The number of benzene rings is 1. The van der Waals surface area contributed by atoms with Gasteiger partial charge in [0.05, 0.1) is 11.7 Å². The first kappa shape index (κ1) is 27.3. The molecule has 9 atom stereocenters. The summed E-state index contributed by atoms with van der Waals surface area (Å²) in [6, 6.07) is 9.66. The lowest BCUT2D eigenvalue weighted by molar-refractivity contribution is -0.149. The van der Waals surface area contributed by atoms with Gasteiger partial charge in [-0.15, -0.1) is 0 Å². The molecule has 0 radical (unpaired) electrons. The van der Waals surface area contributed by atoms with E-state index in [1.165, 1.54) is 19.1 Å². The van der Waals surface area contributed by atoms with E-state index in [0.717, 1.165) is 5.56 Å². The van der Waals surface area contributed by atoms with Crippen molar-refractivity contribution in [2.75, 3.05) is 0 Å². The zero-order valence-electron chi connectivity index (χ0n) is 23.2. The van der Waals surface area contributed by atoms with Crippen molar-refractivity contribution in [1.29, 1.82) is 0 Å². The summed E-state index contributed by atoms with van der Waals surface area (Å²) in [4.78, 5) is 53.4. The number of fused-ring (bicyclic) bond motifs is 2. The molecule has 0 aromatic heterocycles. The number of allylic oxidation sites excluding steroid dienone is 3. The molecule has 1 N–H and O–H groups in total. The van der Waals surface area contributed by atoms with Gasteiger partial charge in [0, 0.05) is 24.8 Å². The van der Waals surface area contributed by atoms with Crippen LogP contribution in [0.15, 0.2) is 66.3 Å². The average molecular weight is 532 g/mol. The largest absolute Gasteiger partial charge is 0.450 e. The molecule has 1 aromatic carbocycles. The first-order valence-corrected chi connectivity index (χ1v) is 13.8. The van der Waals surface area contributed by atoms with Crippen LogP contribution in [0, 0.1) is 29.1 Å². The van der Waals surface area contributed by atoms with Crippen molar-refractivity contribution >= 4 is 23.4 Å². The minimum absolute atomic E-state index is 0.0385. The van der Waals surface area contributed by atoms with Crippen LogP contribution >= 0.6 is 0 Å². The quantitative estimate of drug-likeness (QED) is 0.275. The van der Waals surface area contributed by atoms with Crippen molar-refractivity contribution in [3.05, 3.63) is 71.8 Å². The predicted molar refractivity (Wildman–Crippen MR) is 145 cm³/mol. The van der Waals surface area contributed by atoms with Gasteiger partial charge < -0.3 is 14.8 Å². The van der Waals surface area contributed by atoms with Crippen LogP contribution in [0.5, 0.6) is 0 Å². The zero-order valence-corrected chi connectivity index (χ0v) is 23.2. The molecule has 0 unspecified atom stereocenters. The highest BCUT2D eigenvalue weighted by atomic mass is 16.6. The molecule has 1 spiro atoms. The molecule has 7 nitrogen and oxygen atoms in total. The number of ether oxygens (including phenoxy) is 2. The molecule has 2 aliphatic heterocycles. The second-order valence-electron chi connectivity index (χ2n) is 11.8. The normalized spacial score (nSPS) is 42.6. The van der Waals surface area contributed by atoms with Crippen LogP contribution in [0.4, 0.5) is 0 Å². The SMILES string of the molecule is CC(=O)O[C@H]1C(=O)/C=C/C(=O)[C@@]23C(=O)N[C@@H](Cc4ccccc4)[C@@H]2[C@H](C)[C@@]2(C)O[C@H]2[C@@H]3/C=C/C[C@H](C)/C=C/1C. The Morgan fingerprint density at radius 2 is 1.85 bits per heavy atom. The second kappa shape index (κ2) is 10.0. The van der Waals surface area contributed by atoms with E-state index in [1.807, 2.05) is 55.5 Å². The van der Waals surface area contributed by atoms with Crippen LogP contribution in [-0.2, 0) is 35.1 Å². The fourth-order valence-electron chi connectivity index (χ4n) is 7.30. The Morgan fingerprint density at radius 1 is 1.13 bits per heavy atom. The number of epoxide rings is 1. The lowest BCUT2D eigenvalue weighted by Crippen LogP contribution is -2.58. The summed E-state index contributed by atoms with van der Waals surface area (Å²) >= 11 is 0. The third kappa shape index (κ3) is 4.50. The summed E-state index contributed by atoms with van der Waals surface area (Å²) < 4.78 is 11.7. The van der Waals surface area contributed by atoms with Crippen LogP contribution in [0.1, 0.15) is 46.6 Å². The van der Waals surface area contributed by atoms with Gasteiger partial charge in [-0.05, 0) is 61.8 Å². The molecule has 2 aliphatic carbocycles. The molecule has 7 heteroatoms. The molecule has 5 rings (SSSR count). The van der Waals surface area contributed by atoms with Crippen molar-refractivity contribution < 1.29 is 28.7 Å². The highest BCUT2D eigenvalue weighted by molar-refractivity contribution is 6.15. The molecule has 2 saturated heterocycles. The van der Waals surface area contributed by atoms with E-state index >= 15 is 0 Å². The van der Waals surface area contributed by atoms with Crippen molar-refractivity contribution in [1.82, 2.24) is 5.32 Å². The Bertz CT molecular complexity index is 1280. The maximum atomic E-state index is 14.3. The molecule has 2 heterocycles. The molecule has 1 saturated carbocycles. The van der Waals surface area contributed by atoms with Gasteiger partial charge in [-0.2, -0.15) is 0 Å². The lowest BCUT2D eigenvalue weighted by atomic mass is 9.51. The Kier molecular flexibility index (Phi) is 7.00. The summed E-state index contributed by atoms with van der Waals surface area (Å²) in [5, 5.41) is 3.19. The van der Waals surface area contributed by atoms with E-state index in [2.05, 4.69) is 19.2 Å². The fraction of sp³-hybridized carbons (Fsp3) is 0.500. The summed E-state index contributed by atoms with van der Waals surface area (Å²) in [5.74, 6) is -2.68. The number of carbonyl (C=O) groups excluding carboxylic acids is 4. The van der Waals surface area contributed by atoms with Crippen molar-refractivity contribution in [3.8, 4) is 0 Å². The second-order valence-corrected chi connectivity index (χ2v) is 11.8. The molecular weight excluding hydrogens is 494 g/mol. The maximum absolute atomic E-state index is 14.3. The van der Waals surface area contributed by atoms with Gasteiger partial charge in [-0.25, -0.2) is 0 Å². The number of esters is 1. The minimum Gasteiger partial charge on any atom is -0.450 e. The lowest BCUT2D eigenvalue weighted by Gasteiger charge is -2.45. The Morgan fingerprint density at radius 3 is 2.54 bits per heavy atom. The van der Waals surface area contributed by atoms with Crippen molar-refractivity contribution in [2.24, 2.45) is 29.1 Å². The van der Waals surface area contributed by atoms with Crippen LogP contribution in [-0.4, -0.2) is 47.3 Å². The minimum atomic E-state index is -1.41. The number of carbonyl (C=O) groups is 4. The smallest absolute Gasteiger partial charge is 0.303 e. The van der Waals surface area contributed by atoms with E-state index in [0.29, 0.717) is 18.4 Å². The third-order valence-electron chi connectivity index (χ3n) is 9.29. The summed E-state index contributed by atoms with van der Waals surface area (Å²) in [6.07, 6.45) is 8.15. The molecule has 4 aliphatic rings. The van der Waals surface area contributed by atoms with Crippen LogP contribution in [0.2, 0.25) is 0 Å². The predicted octanol–water partition coefficient (Wildman–Crippen LogP) is 3.92. The number of amides is 1. The summed E-state index contributed by atoms with van der Waals surface area (Å²) in [5.41, 5.74) is -0.177. The van der Waals surface area contributed by atoms with Gasteiger partial charge >= 0.3 is 5.97 Å². The molecule has 1 amide bonds. The third-order valence-corrected chi connectivity index (χ3v) is 9.29. The van der Waals surface area contributed by atoms with E-state index in [-0.39, 0.29) is 35.8 Å². The maximum Gasteiger partial charge on any atom is 0.303 e. The van der Waals surface area contributed by atoms with E-state index in [9.17, 15) is 19.2 Å². The van der Waals surface area contributed by atoms with Gasteiger partial charge in [0.2, 0.25) is 11.7 Å². The van der Waals surface area contributed by atoms with Gasteiger partial charge in [-0.1, -0.05) is 62.4 Å². The first-order valence-electron chi connectivity index (χ1n) is 13.8. The monoisotopic (exact) mass is 531 g/mol. The van der Waals surface area contributed by atoms with Gasteiger partial charge in [0.25, 0.3) is 0 Å². The van der Waals surface area contributed by atoms with E-state index in [4.69, 9.17) is 9.47 Å². The molecule has 3 fully saturated rings. The molecule has 0 bridgehead atoms. The van der Waals surface area contributed by atoms with Crippen molar-refractivity contribution in [3.63, 3.8) is 0 Å². The van der Waals surface area contributed by atoms with Crippen molar-refractivity contribution in [2.45, 2.75) is 71.3 Å². The standard InChI is InChI=1S/C32H37NO6/c1-18-10-9-13-23-29-31(5,39-29)20(3)27-24(17-22-11-7-6-8-12-22)33-30(37)32(23,27)26(36)15-14-25(35)28(19(2)16-18)38-21(4)34/h6-9,11-16,18,20,23-24,27-29H,10,17H2,1-5H3,(H,33,37)/b13-9+,15-14+,19-16+/t18-,20-,23-,24-,27-,28+,29-,31+,32+/m0/s1. The molecule has 39 heavy (non-hydrogen) atoms. The number of hydrogen-bond acceptors (Lipinski definition) is 6. The Labute approximate surface area is 229 Å². The van der Waals surface area contributed by atoms with E-state index in [1.54, 1.807) is 6.92 Å². The average Bonchev–Trinajstić information content (AvgIpc) is 3.50. The molecular formula is C32H37NO6. The number of rotatable bonds is 3. The Balaban J connectivity index is 1.61. The van der Waals surface area contributed by atoms with Crippen LogP contribution < -0.4 is 5.32 Å². The highest BCUT2D eigenvalue weighted by Crippen LogP contribution is 2.66. The van der Waals surface area contributed by atoms with Gasteiger partial charge in [0.1, 0.15) is 5.41 Å². The summed E-state index contributed by atoms with van der Waals surface area (Å²) in [7, 11) is 0. The fourth-order valence-corrected chi connectivity index (χ4v) is 7.30. The molecule has 1 aromatic rings. The first-order chi connectivity index (χ1) is 18.5. The van der Waals surface area contributed by atoms with Gasteiger partial charge in [0.15, 0.2) is 11.9 Å². The van der Waals surface area contributed by atoms with Gasteiger partial charge in [-0.3, -0.25) is 19.2 Å². The number of ketones is 2. The number of hydrogen-bond donors (Lipinski definition) is 1. The summed E-state index contributed by atoms with van der Waals surface area (Å²) in [6.45, 7) is 9.16. The topological polar surface area (TPSA) is 102 Å². The van der Waals surface area contributed by atoms with Crippen LogP contribution in [0.3, 0.4) is 0 Å². The van der Waals surface area contributed by atoms with Crippen LogP contribution in [0.25, 0.3) is 0 Å². The Hall–Kier alpha value is -3.32. The zero-order chi connectivity index (χ0) is 28.1. The van der Waals surface area contributed by atoms with E-state index < -0.39 is 40.6 Å². The highest BCUT2D eigenvalue weighted by Gasteiger charge is 2.78. The number of nitrogens with one attached hydrogen (secondary N) is 1. The molecule has 206 valence electrons.